The first-order chi connectivity index (χ1) is 12.3. The van der Waals surface area contributed by atoms with Crippen LogP contribution in [0.4, 0.5) is 5.69 Å². The molecule has 2 aromatic carbocycles. The Labute approximate surface area is 154 Å². The van der Waals surface area contributed by atoms with Crippen LogP contribution in [0, 0.1) is 6.92 Å². The van der Waals surface area contributed by atoms with Gasteiger partial charge < -0.3 is 10.1 Å². The molecule has 140 valence electrons. The van der Waals surface area contributed by atoms with Crippen molar-refractivity contribution in [1.29, 1.82) is 0 Å². The van der Waals surface area contributed by atoms with E-state index in [2.05, 4.69) is 5.32 Å². The van der Waals surface area contributed by atoms with E-state index in [0.717, 1.165) is 4.31 Å². The van der Waals surface area contributed by atoms with Crippen LogP contribution in [-0.2, 0) is 14.8 Å². The molecular formula is C19H24N2O4S. The van der Waals surface area contributed by atoms with Crippen molar-refractivity contribution in [3.63, 3.8) is 0 Å². The third-order valence-corrected chi connectivity index (χ3v) is 5.51. The van der Waals surface area contributed by atoms with E-state index in [1.165, 1.54) is 13.2 Å². The van der Waals surface area contributed by atoms with Gasteiger partial charge in [0.2, 0.25) is 5.91 Å². The van der Waals surface area contributed by atoms with Gasteiger partial charge >= 0.3 is 0 Å². The molecule has 2 aromatic rings. The minimum Gasteiger partial charge on any atom is -0.496 e. The summed E-state index contributed by atoms with van der Waals surface area (Å²) in [4.78, 5) is 12.4. The lowest BCUT2D eigenvalue weighted by Gasteiger charge is -2.25. The minimum atomic E-state index is -3.92. The molecule has 0 saturated heterocycles. The van der Waals surface area contributed by atoms with E-state index >= 15 is 0 Å². The number of hydrogen-bond donors (Lipinski definition) is 1. The first kappa shape index (κ1) is 19.8. The number of aryl methyl sites for hydroxylation is 1. The molecule has 0 aliphatic heterocycles. The van der Waals surface area contributed by atoms with E-state index < -0.39 is 10.0 Å². The first-order valence-electron chi connectivity index (χ1n) is 8.27. The van der Waals surface area contributed by atoms with Crippen molar-refractivity contribution in [3.05, 3.63) is 54.1 Å². The molecule has 0 aromatic heterocycles. The largest absolute Gasteiger partial charge is 0.496 e. The molecule has 0 fully saturated rings. The van der Waals surface area contributed by atoms with E-state index in [1.54, 1.807) is 49.4 Å². The number of amides is 1. The second kappa shape index (κ2) is 8.23. The van der Waals surface area contributed by atoms with Gasteiger partial charge in [0, 0.05) is 6.04 Å². The van der Waals surface area contributed by atoms with Gasteiger partial charge in [-0.3, -0.25) is 9.10 Å². The zero-order valence-electron chi connectivity index (χ0n) is 15.4. The van der Waals surface area contributed by atoms with E-state index in [4.69, 9.17) is 4.74 Å². The molecule has 1 N–H and O–H groups in total. The molecule has 0 bridgehead atoms. The smallest absolute Gasteiger partial charge is 0.264 e. The van der Waals surface area contributed by atoms with Gasteiger partial charge in [0.1, 0.15) is 12.3 Å². The lowest BCUT2D eigenvalue weighted by molar-refractivity contribution is -0.120. The quantitative estimate of drug-likeness (QED) is 0.806. The molecule has 0 unspecified atom stereocenters. The highest BCUT2D eigenvalue weighted by atomic mass is 32.2. The third-order valence-electron chi connectivity index (χ3n) is 3.74. The highest BCUT2D eigenvalue weighted by Gasteiger charge is 2.27. The molecule has 0 heterocycles. The number of nitrogens with one attached hydrogen (secondary N) is 1. The third kappa shape index (κ3) is 4.54. The predicted molar refractivity (Wildman–Crippen MR) is 102 cm³/mol. The number of nitrogens with zero attached hydrogens (tertiary/aromatic N) is 1. The number of ether oxygens (including phenoxy) is 1. The van der Waals surface area contributed by atoms with E-state index in [-0.39, 0.29) is 23.4 Å². The number of benzene rings is 2. The summed E-state index contributed by atoms with van der Waals surface area (Å²) in [6, 6.07) is 13.1. The van der Waals surface area contributed by atoms with Crippen molar-refractivity contribution in [2.45, 2.75) is 31.7 Å². The fraction of sp³-hybridized carbons (Fsp3) is 0.316. The number of rotatable bonds is 7. The Balaban J connectivity index is 2.46. The van der Waals surface area contributed by atoms with Crippen molar-refractivity contribution >= 4 is 21.6 Å². The molecule has 0 saturated carbocycles. The molecule has 0 spiro atoms. The van der Waals surface area contributed by atoms with Gasteiger partial charge in [-0.1, -0.05) is 18.2 Å². The van der Waals surface area contributed by atoms with E-state index in [0.29, 0.717) is 17.0 Å². The van der Waals surface area contributed by atoms with Crippen LogP contribution in [0.25, 0.3) is 0 Å². The van der Waals surface area contributed by atoms with Crippen LogP contribution in [-0.4, -0.2) is 34.0 Å². The summed E-state index contributed by atoms with van der Waals surface area (Å²) in [5.41, 5.74) is 1.13. The molecular weight excluding hydrogens is 352 g/mol. The summed E-state index contributed by atoms with van der Waals surface area (Å²) in [5.74, 6) is 0.241. The molecule has 0 aliphatic rings. The average Bonchev–Trinajstić information content (AvgIpc) is 2.59. The zero-order chi connectivity index (χ0) is 19.3. The maximum absolute atomic E-state index is 13.2. The van der Waals surface area contributed by atoms with Gasteiger partial charge in [0.25, 0.3) is 10.0 Å². The second-order valence-corrected chi connectivity index (χ2v) is 8.06. The van der Waals surface area contributed by atoms with Gasteiger partial charge in [-0.25, -0.2) is 8.42 Å². The molecule has 1 amide bonds. The molecule has 2 rings (SSSR count). The Morgan fingerprint density at radius 3 is 2.35 bits per heavy atom. The summed E-state index contributed by atoms with van der Waals surface area (Å²) in [6.07, 6.45) is 0. The van der Waals surface area contributed by atoms with Crippen LogP contribution >= 0.6 is 0 Å². The van der Waals surface area contributed by atoms with Gasteiger partial charge in [-0.2, -0.15) is 0 Å². The van der Waals surface area contributed by atoms with Crippen LogP contribution in [0.5, 0.6) is 5.75 Å². The summed E-state index contributed by atoms with van der Waals surface area (Å²) in [6.45, 7) is 5.13. The Hall–Kier alpha value is -2.54. The molecule has 0 radical (unpaired) electrons. The molecule has 26 heavy (non-hydrogen) atoms. The van der Waals surface area contributed by atoms with Crippen LogP contribution < -0.4 is 14.4 Å². The molecule has 0 atom stereocenters. The fourth-order valence-corrected chi connectivity index (χ4v) is 4.05. The second-order valence-electron chi connectivity index (χ2n) is 6.20. The Morgan fingerprint density at radius 1 is 1.15 bits per heavy atom. The maximum Gasteiger partial charge on any atom is 0.264 e. The number of anilines is 1. The highest BCUT2D eigenvalue weighted by molar-refractivity contribution is 7.92. The summed E-state index contributed by atoms with van der Waals surface area (Å²) < 4.78 is 32.7. The number of carbonyl (C=O) groups excluding carboxylic acids is 1. The number of para-hydroxylation sites is 1. The SMILES string of the molecule is COc1ccc(S(=O)(=O)N(CC(=O)NC(C)C)c2ccccc2)cc1C. The van der Waals surface area contributed by atoms with Crippen LogP contribution in [0.3, 0.4) is 0 Å². The standard InChI is InChI=1S/C19H24N2O4S/c1-14(2)20-19(22)13-21(16-8-6-5-7-9-16)26(23,24)17-10-11-18(25-4)15(3)12-17/h5-12,14H,13H2,1-4H3,(H,20,22). The average molecular weight is 376 g/mol. The maximum atomic E-state index is 13.2. The predicted octanol–water partition coefficient (Wildman–Crippen LogP) is 2.72. The Kier molecular flexibility index (Phi) is 6.26. The van der Waals surface area contributed by atoms with Crippen molar-refractivity contribution in [2.75, 3.05) is 18.0 Å². The van der Waals surface area contributed by atoms with Crippen molar-refractivity contribution < 1.29 is 17.9 Å². The lowest BCUT2D eigenvalue weighted by Crippen LogP contribution is -2.42. The highest BCUT2D eigenvalue weighted by Crippen LogP contribution is 2.27. The fourth-order valence-electron chi connectivity index (χ4n) is 2.55. The monoisotopic (exact) mass is 376 g/mol. The number of methoxy groups -OCH3 is 1. The van der Waals surface area contributed by atoms with Crippen LogP contribution in [0.2, 0.25) is 0 Å². The lowest BCUT2D eigenvalue weighted by atomic mass is 10.2. The summed E-state index contributed by atoms with van der Waals surface area (Å²) in [7, 11) is -2.38. The van der Waals surface area contributed by atoms with Gasteiger partial charge in [-0.05, 0) is 56.7 Å². The molecule has 0 aliphatic carbocycles. The summed E-state index contributed by atoms with van der Waals surface area (Å²) in [5, 5.41) is 2.73. The van der Waals surface area contributed by atoms with E-state index in [1.807, 2.05) is 13.8 Å². The molecule has 6 nitrogen and oxygen atoms in total. The topological polar surface area (TPSA) is 75.7 Å². The van der Waals surface area contributed by atoms with Gasteiger partial charge in [-0.15, -0.1) is 0 Å². The van der Waals surface area contributed by atoms with Crippen molar-refractivity contribution in [2.24, 2.45) is 0 Å². The van der Waals surface area contributed by atoms with Gasteiger partial charge in [0.05, 0.1) is 17.7 Å². The number of hydrogen-bond acceptors (Lipinski definition) is 4. The number of carbonyl (C=O) groups is 1. The van der Waals surface area contributed by atoms with Crippen LogP contribution in [0.1, 0.15) is 19.4 Å². The molecule has 7 heteroatoms. The van der Waals surface area contributed by atoms with Gasteiger partial charge in [0.15, 0.2) is 0 Å². The first-order valence-corrected chi connectivity index (χ1v) is 9.71. The van der Waals surface area contributed by atoms with Crippen LogP contribution in [0.15, 0.2) is 53.4 Å². The normalized spacial score (nSPS) is 11.3. The van der Waals surface area contributed by atoms with Crippen molar-refractivity contribution in [3.8, 4) is 5.75 Å². The minimum absolute atomic E-state index is 0.0777. The Morgan fingerprint density at radius 2 is 1.81 bits per heavy atom. The number of sulfonamides is 1. The van der Waals surface area contributed by atoms with Crippen molar-refractivity contribution in [1.82, 2.24) is 5.32 Å². The van der Waals surface area contributed by atoms with E-state index in [9.17, 15) is 13.2 Å². The Bertz CT molecular complexity index is 864. The zero-order valence-corrected chi connectivity index (χ0v) is 16.2. The summed E-state index contributed by atoms with van der Waals surface area (Å²) >= 11 is 0.